The smallest absolute Gasteiger partial charge is 0.136 e. The van der Waals surface area contributed by atoms with E-state index in [9.17, 15) is 4.79 Å². The van der Waals surface area contributed by atoms with Crippen LogP contribution in [0.25, 0.3) is 0 Å². The van der Waals surface area contributed by atoms with Gasteiger partial charge >= 0.3 is 0 Å². The number of rotatable bonds is 1. The summed E-state index contributed by atoms with van der Waals surface area (Å²) in [4.78, 5) is 14.7. The van der Waals surface area contributed by atoms with Gasteiger partial charge in [0.05, 0.1) is 0 Å². The lowest BCUT2D eigenvalue weighted by molar-refractivity contribution is -0.130. The summed E-state index contributed by atoms with van der Waals surface area (Å²) in [6.07, 6.45) is 14.5. The van der Waals surface area contributed by atoms with Crippen molar-refractivity contribution in [1.82, 2.24) is 4.90 Å². The van der Waals surface area contributed by atoms with Gasteiger partial charge in [0.1, 0.15) is 5.78 Å². The highest BCUT2D eigenvalue weighted by Crippen LogP contribution is 2.45. The Morgan fingerprint density at radius 2 is 1.32 bits per heavy atom. The highest BCUT2D eigenvalue weighted by Gasteiger charge is 2.44. The van der Waals surface area contributed by atoms with Crippen LogP contribution in [0, 0.1) is 11.8 Å². The van der Waals surface area contributed by atoms with Crippen molar-refractivity contribution < 1.29 is 4.79 Å². The number of carbonyl (C=O) groups is 1. The zero-order chi connectivity index (χ0) is 12.8. The predicted molar refractivity (Wildman–Crippen MR) is 76.0 cm³/mol. The second-order valence-electron chi connectivity index (χ2n) is 7.66. The van der Waals surface area contributed by atoms with E-state index in [0.717, 1.165) is 30.7 Å². The molecule has 106 valence electrons. The summed E-state index contributed by atoms with van der Waals surface area (Å²) >= 11 is 0. The standard InChI is InChI=1S/C17H27NO/c19-17-10-14-5-2-6-15(11-17)18(14)16-8-12-3-1-4-13(7-12)9-16/h12-16H,1-11H2. The van der Waals surface area contributed by atoms with Gasteiger partial charge in [-0.15, -0.1) is 0 Å². The van der Waals surface area contributed by atoms with E-state index in [1.54, 1.807) is 0 Å². The van der Waals surface area contributed by atoms with Crippen molar-refractivity contribution in [3.05, 3.63) is 0 Å². The molecule has 0 amide bonds. The second-order valence-corrected chi connectivity index (χ2v) is 7.66. The molecule has 4 bridgehead atoms. The molecule has 2 heteroatoms. The summed E-state index contributed by atoms with van der Waals surface area (Å²) in [5, 5.41) is 0. The highest BCUT2D eigenvalue weighted by molar-refractivity contribution is 5.80. The van der Waals surface area contributed by atoms with Crippen LogP contribution in [-0.4, -0.2) is 28.8 Å². The molecular formula is C17H27NO. The molecule has 4 rings (SSSR count). The number of hydrogen-bond donors (Lipinski definition) is 0. The number of carbonyl (C=O) groups excluding carboxylic acids is 1. The Morgan fingerprint density at radius 3 is 1.95 bits per heavy atom. The zero-order valence-electron chi connectivity index (χ0n) is 12.0. The van der Waals surface area contributed by atoms with E-state index < -0.39 is 0 Å². The number of fused-ring (bicyclic) bond motifs is 4. The molecule has 0 aromatic carbocycles. The molecule has 2 saturated heterocycles. The number of Topliss-reactive ketones (excluding diaryl/α,β-unsaturated/α-hetero) is 1. The van der Waals surface area contributed by atoms with Crippen molar-refractivity contribution >= 4 is 5.78 Å². The van der Waals surface area contributed by atoms with Gasteiger partial charge in [-0.05, 0) is 43.9 Å². The Labute approximate surface area is 116 Å². The molecular weight excluding hydrogens is 234 g/mol. The van der Waals surface area contributed by atoms with Gasteiger partial charge < -0.3 is 0 Å². The molecule has 4 aliphatic rings. The molecule has 19 heavy (non-hydrogen) atoms. The van der Waals surface area contributed by atoms with Crippen molar-refractivity contribution in [3.63, 3.8) is 0 Å². The molecule has 2 aliphatic carbocycles. The fourth-order valence-electron chi connectivity index (χ4n) is 5.75. The quantitative estimate of drug-likeness (QED) is 0.719. The van der Waals surface area contributed by atoms with Crippen LogP contribution in [0.4, 0.5) is 0 Å². The van der Waals surface area contributed by atoms with E-state index in [4.69, 9.17) is 0 Å². The molecule has 0 aromatic heterocycles. The number of nitrogens with zero attached hydrogens (tertiary/aromatic N) is 1. The van der Waals surface area contributed by atoms with E-state index in [0.29, 0.717) is 17.9 Å². The first kappa shape index (κ1) is 12.4. The molecule has 0 spiro atoms. The summed E-state index contributed by atoms with van der Waals surface area (Å²) < 4.78 is 0. The van der Waals surface area contributed by atoms with Crippen LogP contribution < -0.4 is 0 Å². The second kappa shape index (κ2) is 4.87. The normalized spacial score (nSPS) is 47.2. The molecule has 4 unspecified atom stereocenters. The first-order valence-corrected chi connectivity index (χ1v) is 8.58. The average Bonchev–Trinajstić information content (AvgIpc) is 2.37. The topological polar surface area (TPSA) is 20.3 Å². The largest absolute Gasteiger partial charge is 0.300 e. The summed E-state index contributed by atoms with van der Waals surface area (Å²) in [5.74, 6) is 2.56. The van der Waals surface area contributed by atoms with E-state index in [2.05, 4.69) is 4.90 Å². The van der Waals surface area contributed by atoms with Crippen LogP contribution in [0.15, 0.2) is 0 Å². The zero-order valence-corrected chi connectivity index (χ0v) is 12.0. The lowest BCUT2D eigenvalue weighted by Crippen LogP contribution is -2.58. The first-order chi connectivity index (χ1) is 9.29. The minimum absolute atomic E-state index is 0.543. The van der Waals surface area contributed by atoms with E-state index in [1.807, 2.05) is 0 Å². The third-order valence-corrected chi connectivity index (χ3v) is 6.37. The lowest BCUT2D eigenvalue weighted by Gasteiger charge is -2.53. The Hall–Kier alpha value is -0.370. The SMILES string of the molecule is O=C1CC2CCCC(C1)N2C1CC2CCCC(C2)C1. The van der Waals surface area contributed by atoms with Crippen LogP contribution in [0.2, 0.25) is 0 Å². The number of hydrogen-bond acceptors (Lipinski definition) is 2. The minimum Gasteiger partial charge on any atom is -0.300 e. The fourth-order valence-corrected chi connectivity index (χ4v) is 5.75. The Bertz CT molecular complexity index is 338. The van der Waals surface area contributed by atoms with Crippen molar-refractivity contribution in [1.29, 1.82) is 0 Å². The van der Waals surface area contributed by atoms with Gasteiger partial charge in [0.2, 0.25) is 0 Å². The first-order valence-electron chi connectivity index (χ1n) is 8.58. The van der Waals surface area contributed by atoms with Gasteiger partial charge in [0.25, 0.3) is 0 Å². The summed E-state index contributed by atoms with van der Waals surface area (Å²) in [5.41, 5.74) is 0. The van der Waals surface area contributed by atoms with Crippen molar-refractivity contribution in [2.45, 2.75) is 88.8 Å². The number of ketones is 1. The maximum atomic E-state index is 11.9. The maximum Gasteiger partial charge on any atom is 0.136 e. The summed E-state index contributed by atoms with van der Waals surface area (Å²) in [6.45, 7) is 0. The Morgan fingerprint density at radius 1 is 0.737 bits per heavy atom. The van der Waals surface area contributed by atoms with Crippen LogP contribution >= 0.6 is 0 Å². The lowest BCUT2D eigenvalue weighted by atomic mass is 9.68. The molecule has 2 saturated carbocycles. The van der Waals surface area contributed by atoms with Crippen molar-refractivity contribution in [2.24, 2.45) is 11.8 Å². The van der Waals surface area contributed by atoms with Gasteiger partial charge in [-0.2, -0.15) is 0 Å². The maximum absolute atomic E-state index is 11.9. The van der Waals surface area contributed by atoms with E-state index in [1.165, 1.54) is 57.8 Å². The molecule has 4 atom stereocenters. The monoisotopic (exact) mass is 261 g/mol. The van der Waals surface area contributed by atoms with Gasteiger partial charge in [0.15, 0.2) is 0 Å². The summed E-state index contributed by atoms with van der Waals surface area (Å²) in [6, 6.07) is 2.06. The molecule has 2 heterocycles. The Kier molecular flexibility index (Phi) is 3.17. The predicted octanol–water partition coefficient (Wildman–Crippen LogP) is 3.54. The van der Waals surface area contributed by atoms with Crippen LogP contribution in [0.3, 0.4) is 0 Å². The molecule has 0 aromatic rings. The number of piperidine rings is 2. The molecule has 2 aliphatic heterocycles. The van der Waals surface area contributed by atoms with Gasteiger partial charge in [-0.3, -0.25) is 9.69 Å². The summed E-state index contributed by atoms with van der Waals surface area (Å²) in [7, 11) is 0. The third kappa shape index (κ3) is 2.26. The van der Waals surface area contributed by atoms with Crippen LogP contribution in [0.1, 0.15) is 70.6 Å². The van der Waals surface area contributed by atoms with Gasteiger partial charge in [0, 0.05) is 31.0 Å². The van der Waals surface area contributed by atoms with E-state index >= 15 is 0 Å². The van der Waals surface area contributed by atoms with Crippen molar-refractivity contribution in [2.75, 3.05) is 0 Å². The van der Waals surface area contributed by atoms with Gasteiger partial charge in [-0.1, -0.05) is 25.7 Å². The highest BCUT2D eigenvalue weighted by atomic mass is 16.1. The fraction of sp³-hybridized carbons (Fsp3) is 0.941. The average molecular weight is 261 g/mol. The Balaban J connectivity index is 1.53. The van der Waals surface area contributed by atoms with Gasteiger partial charge in [-0.25, -0.2) is 0 Å². The van der Waals surface area contributed by atoms with E-state index in [-0.39, 0.29) is 0 Å². The van der Waals surface area contributed by atoms with Crippen molar-refractivity contribution in [3.8, 4) is 0 Å². The third-order valence-electron chi connectivity index (χ3n) is 6.37. The van der Waals surface area contributed by atoms with Crippen LogP contribution in [-0.2, 0) is 4.79 Å². The van der Waals surface area contributed by atoms with Crippen LogP contribution in [0.5, 0.6) is 0 Å². The molecule has 0 N–H and O–H groups in total. The molecule has 0 radical (unpaired) electrons. The molecule has 2 nitrogen and oxygen atoms in total. The molecule has 4 fully saturated rings. The minimum atomic E-state index is 0.543.